The number of nitrogens with zero attached hydrogens (tertiary/aromatic N) is 6. The van der Waals surface area contributed by atoms with Crippen LogP contribution in [-0.4, -0.2) is 72.0 Å². The van der Waals surface area contributed by atoms with E-state index in [1.807, 2.05) is 13.0 Å². The maximum Gasteiger partial charge on any atom is 0.169 e. The van der Waals surface area contributed by atoms with Crippen molar-refractivity contribution < 1.29 is 28.5 Å². The second-order valence-electron chi connectivity index (χ2n) is 9.17. The molecule has 0 saturated carbocycles. The van der Waals surface area contributed by atoms with E-state index < -0.39 is 53.7 Å². The molecule has 10 nitrogen and oxygen atoms in total. The van der Waals surface area contributed by atoms with Gasteiger partial charge in [-0.2, -0.15) is 0 Å². The lowest BCUT2D eigenvalue weighted by atomic mass is 9.91. The molecule has 0 radical (unpaired) electrons. The van der Waals surface area contributed by atoms with Crippen LogP contribution in [0.25, 0.3) is 16.9 Å². The van der Waals surface area contributed by atoms with Crippen molar-refractivity contribution in [3.63, 3.8) is 0 Å². The topological polar surface area (TPSA) is 120 Å². The second-order valence-corrected chi connectivity index (χ2v) is 9.98. The fourth-order valence-electron chi connectivity index (χ4n) is 4.81. The zero-order valence-electron chi connectivity index (χ0n) is 21.0. The van der Waals surface area contributed by atoms with Gasteiger partial charge in [0.2, 0.25) is 0 Å². The van der Waals surface area contributed by atoms with Crippen LogP contribution in [0.3, 0.4) is 0 Å². The smallest absolute Gasteiger partial charge is 0.169 e. The third-order valence-electron chi connectivity index (χ3n) is 6.75. The van der Waals surface area contributed by atoms with Crippen molar-refractivity contribution in [2.24, 2.45) is 0 Å². The molecule has 14 heteroatoms. The van der Waals surface area contributed by atoms with Crippen LogP contribution in [-0.2, 0) is 9.47 Å². The molecule has 5 atom stereocenters. The van der Waals surface area contributed by atoms with Gasteiger partial charge in [0.15, 0.2) is 5.82 Å². The van der Waals surface area contributed by atoms with Gasteiger partial charge in [0.25, 0.3) is 0 Å². The van der Waals surface area contributed by atoms with Gasteiger partial charge >= 0.3 is 0 Å². The number of rotatable bonds is 6. The van der Waals surface area contributed by atoms with E-state index in [0.29, 0.717) is 16.7 Å². The van der Waals surface area contributed by atoms with Gasteiger partial charge in [-0.05, 0) is 43.7 Å². The first kappa shape index (κ1) is 27.6. The summed E-state index contributed by atoms with van der Waals surface area (Å²) in [5.74, 6) is -1.00. The number of hydrogen-bond acceptors (Lipinski definition) is 8. The molecule has 2 aromatic heterocycles. The third-order valence-corrected chi connectivity index (χ3v) is 7.35. The number of aliphatic hydroxyl groups excluding tert-OH is 2. The van der Waals surface area contributed by atoms with E-state index in [1.54, 1.807) is 23.6 Å². The van der Waals surface area contributed by atoms with Gasteiger partial charge in [0.1, 0.15) is 58.6 Å². The number of aryl methyl sites for hydroxylation is 2. The Labute approximate surface area is 231 Å². The summed E-state index contributed by atoms with van der Waals surface area (Å²) in [6.07, 6.45) is -2.78. The summed E-state index contributed by atoms with van der Waals surface area (Å²) in [5.41, 5.74) is 1.84. The molecule has 2 aromatic carbocycles. The van der Waals surface area contributed by atoms with Crippen molar-refractivity contribution in [3.05, 3.63) is 75.4 Å². The summed E-state index contributed by atoms with van der Waals surface area (Å²) in [4.78, 5) is 0. The number of ether oxygens (including phenoxy) is 2. The van der Waals surface area contributed by atoms with E-state index in [2.05, 4.69) is 20.5 Å². The summed E-state index contributed by atoms with van der Waals surface area (Å²) in [6, 6.07) is 6.52. The molecule has 2 N–H and O–H groups in total. The highest BCUT2D eigenvalue weighted by atomic mass is 35.5. The van der Waals surface area contributed by atoms with Crippen LogP contribution in [0.2, 0.25) is 10.0 Å². The molecule has 1 saturated heterocycles. The zero-order chi connectivity index (χ0) is 28.0. The van der Waals surface area contributed by atoms with Gasteiger partial charge in [-0.25, -0.2) is 13.5 Å². The Morgan fingerprint density at radius 2 is 1.79 bits per heavy atom. The average Bonchev–Trinajstić information content (AvgIpc) is 3.55. The monoisotopic (exact) mass is 580 g/mol. The van der Waals surface area contributed by atoms with E-state index in [1.165, 1.54) is 18.0 Å². The van der Waals surface area contributed by atoms with Crippen LogP contribution in [0.1, 0.15) is 29.4 Å². The zero-order valence-corrected chi connectivity index (χ0v) is 22.5. The van der Waals surface area contributed by atoms with Gasteiger partial charge in [0.05, 0.1) is 18.5 Å². The number of halogens is 4. The summed E-state index contributed by atoms with van der Waals surface area (Å²) in [6.45, 7) is 3.15. The molecular weight excluding hydrogens is 557 g/mol. The van der Waals surface area contributed by atoms with Gasteiger partial charge in [-0.1, -0.05) is 34.5 Å². The normalized spacial score (nSPS) is 23.4. The number of hydrogen-bond donors (Lipinski definition) is 2. The van der Waals surface area contributed by atoms with Crippen LogP contribution in [0.5, 0.6) is 0 Å². The van der Waals surface area contributed by atoms with E-state index in [9.17, 15) is 19.0 Å². The minimum atomic E-state index is -1.30. The SMILES string of the molecule is CO[C@@H]1[C@@H](n2cc(-c3cc(F)c(Cl)c(F)c3)nn2)[C@@H](O)[C@@H](CO)O[C@H]1c1nnc(C)n1-c1cc(Cl)ccc1C. The lowest BCUT2D eigenvalue weighted by Gasteiger charge is -2.43. The Morgan fingerprint density at radius 1 is 1.08 bits per heavy atom. The fraction of sp³-hybridized carbons (Fsp3) is 0.360. The quantitative estimate of drug-likeness (QED) is 0.331. The number of methoxy groups -OCH3 is 1. The molecule has 1 aliphatic heterocycles. The van der Waals surface area contributed by atoms with Crippen molar-refractivity contribution in [2.45, 2.75) is 44.3 Å². The summed E-state index contributed by atoms with van der Waals surface area (Å²) < 4.78 is 43.2. The van der Waals surface area contributed by atoms with Crippen LogP contribution >= 0.6 is 23.2 Å². The highest BCUT2D eigenvalue weighted by Crippen LogP contribution is 2.40. The number of aliphatic hydroxyl groups is 2. The molecule has 1 fully saturated rings. The van der Waals surface area contributed by atoms with Crippen molar-refractivity contribution in [3.8, 4) is 16.9 Å². The highest BCUT2D eigenvalue weighted by Gasteiger charge is 2.49. The second kappa shape index (κ2) is 10.9. The van der Waals surface area contributed by atoms with Gasteiger partial charge in [-0.3, -0.25) is 4.57 Å². The molecule has 3 heterocycles. The Morgan fingerprint density at radius 3 is 2.46 bits per heavy atom. The fourth-order valence-corrected chi connectivity index (χ4v) is 5.09. The van der Waals surface area contributed by atoms with Gasteiger partial charge in [0, 0.05) is 17.7 Å². The largest absolute Gasteiger partial charge is 0.394 e. The van der Waals surface area contributed by atoms with E-state index in [4.69, 9.17) is 32.7 Å². The Bertz CT molecular complexity index is 1490. The Balaban J connectivity index is 1.59. The van der Waals surface area contributed by atoms with Crippen LogP contribution in [0.15, 0.2) is 36.5 Å². The Kier molecular flexibility index (Phi) is 7.68. The van der Waals surface area contributed by atoms with Gasteiger partial charge < -0.3 is 19.7 Å². The summed E-state index contributed by atoms with van der Waals surface area (Å²) in [5, 5.41) is 37.8. The molecule has 1 aliphatic rings. The minimum Gasteiger partial charge on any atom is -0.394 e. The molecule has 206 valence electrons. The molecule has 4 aromatic rings. The lowest BCUT2D eigenvalue weighted by Crippen LogP contribution is -2.53. The summed E-state index contributed by atoms with van der Waals surface area (Å²) >= 11 is 11.9. The molecule has 0 amide bonds. The molecule has 0 unspecified atom stereocenters. The van der Waals surface area contributed by atoms with Crippen molar-refractivity contribution in [1.29, 1.82) is 0 Å². The molecule has 0 aliphatic carbocycles. The lowest BCUT2D eigenvalue weighted by molar-refractivity contribution is -0.217. The third kappa shape index (κ3) is 4.92. The van der Waals surface area contributed by atoms with Crippen LogP contribution < -0.4 is 0 Å². The van der Waals surface area contributed by atoms with Crippen LogP contribution in [0, 0.1) is 25.5 Å². The molecule has 39 heavy (non-hydrogen) atoms. The first-order chi connectivity index (χ1) is 18.6. The standard InChI is InChI=1S/C25H24Cl2F2N6O4/c1-11-4-5-14(26)8-18(11)35-12(2)30-32-25(35)24-23(38-3)21(22(37)19(10-36)39-24)34-9-17(31-33-34)13-6-15(28)20(27)16(29)7-13/h4-9,19,21-24,36-37H,10H2,1-3H3/t19-,21+,22+,23-,24-/m1/s1. The molecular formula is C25H24Cl2F2N6O4. The van der Waals surface area contributed by atoms with E-state index >= 15 is 0 Å². The van der Waals surface area contributed by atoms with Crippen molar-refractivity contribution in [2.75, 3.05) is 13.7 Å². The van der Waals surface area contributed by atoms with E-state index in [0.717, 1.165) is 23.4 Å². The van der Waals surface area contributed by atoms with Gasteiger partial charge in [-0.15, -0.1) is 15.3 Å². The predicted octanol–water partition coefficient (Wildman–Crippen LogP) is 3.78. The van der Waals surface area contributed by atoms with Crippen molar-refractivity contribution >= 4 is 23.2 Å². The van der Waals surface area contributed by atoms with Crippen LogP contribution in [0.4, 0.5) is 8.78 Å². The summed E-state index contributed by atoms with van der Waals surface area (Å²) in [7, 11) is 1.43. The van der Waals surface area contributed by atoms with E-state index in [-0.39, 0.29) is 11.3 Å². The molecule has 0 spiro atoms. The molecule has 5 rings (SSSR count). The maximum absolute atomic E-state index is 14.1. The average molecular weight is 581 g/mol. The highest BCUT2D eigenvalue weighted by molar-refractivity contribution is 6.31. The maximum atomic E-state index is 14.1. The predicted molar refractivity (Wildman–Crippen MR) is 137 cm³/mol. The number of benzene rings is 2. The number of aromatic nitrogens is 6. The van der Waals surface area contributed by atoms with Crippen molar-refractivity contribution in [1.82, 2.24) is 29.8 Å². The minimum absolute atomic E-state index is 0.0956. The first-order valence-corrected chi connectivity index (χ1v) is 12.6. The molecule has 0 bridgehead atoms. The Hall–Kier alpha value is -3.00. The first-order valence-electron chi connectivity index (χ1n) is 11.9.